The molecule has 3 rings (SSSR count). The number of benzene rings is 2. The van der Waals surface area contributed by atoms with Crippen molar-refractivity contribution in [3.05, 3.63) is 65.6 Å². The number of nitrogens with two attached hydrogens (primary N) is 1. The number of aromatic amines is 1. The summed E-state index contributed by atoms with van der Waals surface area (Å²) < 4.78 is 13.6. The van der Waals surface area contributed by atoms with Gasteiger partial charge >= 0.3 is 0 Å². The Balaban J connectivity index is 1.83. The van der Waals surface area contributed by atoms with Crippen molar-refractivity contribution in [1.29, 1.82) is 0 Å². The largest absolute Gasteiger partial charge is 0.372 e. The molecular weight excluding hydrogens is 313 g/mol. The number of nitrogens with one attached hydrogen (secondary N) is 1. The number of hydrogen-bond acceptors (Lipinski definition) is 2. The summed E-state index contributed by atoms with van der Waals surface area (Å²) in [6.45, 7) is 6.86. The van der Waals surface area contributed by atoms with Crippen LogP contribution in [0.4, 0.5) is 10.1 Å². The van der Waals surface area contributed by atoms with Gasteiger partial charge in [0.1, 0.15) is 5.82 Å². The molecule has 1 aromatic heterocycles. The predicted molar refractivity (Wildman–Crippen MR) is 104 cm³/mol. The quantitative estimate of drug-likeness (QED) is 0.668. The molecule has 3 aromatic rings. The molecule has 25 heavy (non-hydrogen) atoms. The lowest BCUT2D eigenvalue weighted by atomic mass is 9.91. The smallest absolute Gasteiger partial charge is 0.123 e. The van der Waals surface area contributed by atoms with Crippen LogP contribution in [0.2, 0.25) is 0 Å². The first-order chi connectivity index (χ1) is 12.2. The van der Waals surface area contributed by atoms with E-state index in [9.17, 15) is 4.39 Å². The van der Waals surface area contributed by atoms with Gasteiger partial charge in [-0.05, 0) is 68.3 Å². The highest BCUT2D eigenvalue weighted by molar-refractivity contribution is 5.83. The minimum atomic E-state index is -0.215. The Bertz CT molecular complexity index is 819. The second kappa shape index (κ2) is 7.70. The Morgan fingerprint density at radius 3 is 2.44 bits per heavy atom. The van der Waals surface area contributed by atoms with Crippen LogP contribution in [-0.2, 0) is 6.42 Å². The van der Waals surface area contributed by atoms with E-state index in [2.05, 4.69) is 48.0 Å². The molecule has 0 saturated heterocycles. The number of rotatable bonds is 7. The Morgan fingerprint density at radius 2 is 1.80 bits per heavy atom. The first-order valence-corrected chi connectivity index (χ1v) is 8.96. The van der Waals surface area contributed by atoms with Gasteiger partial charge < -0.3 is 15.6 Å². The molecule has 0 aliphatic carbocycles. The Kier molecular flexibility index (Phi) is 5.39. The van der Waals surface area contributed by atoms with Crippen molar-refractivity contribution >= 4 is 16.6 Å². The molecule has 0 aliphatic heterocycles. The van der Waals surface area contributed by atoms with Gasteiger partial charge in [-0.2, -0.15) is 0 Å². The average molecular weight is 339 g/mol. The second-order valence-corrected chi connectivity index (χ2v) is 6.41. The summed E-state index contributed by atoms with van der Waals surface area (Å²) in [5.41, 5.74) is 10.6. The highest BCUT2D eigenvalue weighted by atomic mass is 19.1. The summed E-state index contributed by atoms with van der Waals surface area (Å²) in [6, 6.07) is 13.5. The Labute approximate surface area is 148 Å². The minimum absolute atomic E-state index is 0.162. The third kappa shape index (κ3) is 3.69. The number of nitrogens with zero attached hydrogens (tertiary/aromatic N) is 1. The van der Waals surface area contributed by atoms with Crippen LogP contribution in [0, 0.1) is 5.82 Å². The van der Waals surface area contributed by atoms with Crippen LogP contribution in [0.15, 0.2) is 48.7 Å². The molecule has 2 aromatic carbocycles. The Hall–Kier alpha value is -2.33. The summed E-state index contributed by atoms with van der Waals surface area (Å²) in [6.07, 6.45) is 2.81. The van der Waals surface area contributed by atoms with Crippen molar-refractivity contribution in [2.45, 2.75) is 26.2 Å². The topological polar surface area (TPSA) is 45.0 Å². The van der Waals surface area contributed by atoms with Crippen LogP contribution < -0.4 is 10.6 Å². The van der Waals surface area contributed by atoms with E-state index >= 15 is 0 Å². The van der Waals surface area contributed by atoms with Crippen LogP contribution in [0.5, 0.6) is 0 Å². The van der Waals surface area contributed by atoms with Crippen LogP contribution >= 0.6 is 0 Å². The molecule has 3 nitrogen and oxygen atoms in total. The lowest BCUT2D eigenvalue weighted by Crippen LogP contribution is -2.21. The van der Waals surface area contributed by atoms with Crippen LogP contribution in [-0.4, -0.2) is 24.6 Å². The number of fused-ring (bicyclic) bond motifs is 1. The second-order valence-electron chi connectivity index (χ2n) is 6.41. The van der Waals surface area contributed by atoms with Crippen molar-refractivity contribution < 1.29 is 4.39 Å². The lowest BCUT2D eigenvalue weighted by Gasteiger charge is -2.21. The molecule has 0 amide bonds. The van der Waals surface area contributed by atoms with E-state index < -0.39 is 0 Å². The zero-order chi connectivity index (χ0) is 17.8. The molecule has 0 bridgehead atoms. The van der Waals surface area contributed by atoms with Crippen LogP contribution in [0.1, 0.15) is 30.9 Å². The van der Waals surface area contributed by atoms with E-state index in [1.807, 2.05) is 6.20 Å². The molecule has 3 N–H and O–H groups in total. The molecule has 0 radical (unpaired) electrons. The molecule has 1 atom stereocenters. The van der Waals surface area contributed by atoms with Gasteiger partial charge in [0.25, 0.3) is 0 Å². The minimum Gasteiger partial charge on any atom is -0.372 e. The normalized spacial score (nSPS) is 12.5. The molecule has 132 valence electrons. The molecule has 0 spiro atoms. The highest BCUT2D eigenvalue weighted by Gasteiger charge is 2.16. The molecule has 1 heterocycles. The fourth-order valence-electron chi connectivity index (χ4n) is 3.49. The van der Waals surface area contributed by atoms with Gasteiger partial charge in [-0.15, -0.1) is 0 Å². The van der Waals surface area contributed by atoms with Gasteiger partial charge in [0.05, 0.1) is 0 Å². The van der Waals surface area contributed by atoms with Gasteiger partial charge in [0.15, 0.2) is 0 Å². The first-order valence-electron chi connectivity index (χ1n) is 8.96. The van der Waals surface area contributed by atoms with E-state index in [0.717, 1.165) is 36.0 Å². The summed E-state index contributed by atoms with van der Waals surface area (Å²) in [4.78, 5) is 5.55. The van der Waals surface area contributed by atoms with Gasteiger partial charge in [0, 0.05) is 41.8 Å². The standard InChI is InChI=1S/C21H26FN3/c1-3-25(4-2)18-8-5-15(6-9-18)11-16(13-23)20-14-24-21-10-7-17(22)12-19(20)21/h5-10,12,14,16,24H,3-4,11,13,23H2,1-2H3. The van der Waals surface area contributed by atoms with Crippen molar-refractivity contribution in [3.63, 3.8) is 0 Å². The fraction of sp³-hybridized carbons (Fsp3) is 0.333. The first kappa shape index (κ1) is 17.5. The number of halogens is 1. The molecule has 4 heteroatoms. The SMILES string of the molecule is CCN(CC)c1ccc(CC(CN)c2c[nH]c3ccc(F)cc23)cc1. The average Bonchev–Trinajstić information content (AvgIpc) is 3.05. The molecule has 1 unspecified atom stereocenters. The fourth-order valence-corrected chi connectivity index (χ4v) is 3.49. The highest BCUT2D eigenvalue weighted by Crippen LogP contribution is 2.29. The zero-order valence-electron chi connectivity index (χ0n) is 14.9. The molecule has 0 aliphatic rings. The van der Waals surface area contributed by atoms with Gasteiger partial charge in [0.2, 0.25) is 0 Å². The van der Waals surface area contributed by atoms with Crippen LogP contribution in [0.3, 0.4) is 0 Å². The molecule has 0 fully saturated rings. The summed E-state index contributed by atoms with van der Waals surface area (Å²) in [5, 5.41) is 0.926. The van der Waals surface area contributed by atoms with Crippen LogP contribution in [0.25, 0.3) is 10.9 Å². The van der Waals surface area contributed by atoms with Gasteiger partial charge in [-0.25, -0.2) is 4.39 Å². The van der Waals surface area contributed by atoms with E-state index in [4.69, 9.17) is 5.73 Å². The van der Waals surface area contributed by atoms with Crippen molar-refractivity contribution in [1.82, 2.24) is 4.98 Å². The van der Waals surface area contributed by atoms with E-state index in [0.29, 0.717) is 6.54 Å². The van der Waals surface area contributed by atoms with Gasteiger partial charge in [-0.1, -0.05) is 12.1 Å². The number of anilines is 1. The van der Waals surface area contributed by atoms with Crippen molar-refractivity contribution in [3.8, 4) is 0 Å². The van der Waals surface area contributed by atoms with E-state index in [1.54, 1.807) is 12.1 Å². The summed E-state index contributed by atoms with van der Waals surface area (Å²) in [5.74, 6) is -0.0532. The molecular formula is C21H26FN3. The monoisotopic (exact) mass is 339 g/mol. The van der Waals surface area contributed by atoms with E-state index in [-0.39, 0.29) is 11.7 Å². The Morgan fingerprint density at radius 1 is 1.08 bits per heavy atom. The third-order valence-electron chi connectivity index (χ3n) is 4.95. The van der Waals surface area contributed by atoms with E-state index in [1.165, 1.54) is 17.3 Å². The maximum absolute atomic E-state index is 13.6. The third-order valence-corrected chi connectivity index (χ3v) is 4.95. The predicted octanol–water partition coefficient (Wildman–Crippen LogP) is 4.44. The molecule has 0 saturated carbocycles. The number of H-pyrrole nitrogens is 1. The summed E-state index contributed by atoms with van der Waals surface area (Å²) in [7, 11) is 0. The van der Waals surface area contributed by atoms with Crippen molar-refractivity contribution in [2.75, 3.05) is 24.5 Å². The maximum atomic E-state index is 13.6. The van der Waals surface area contributed by atoms with Crippen molar-refractivity contribution in [2.24, 2.45) is 5.73 Å². The lowest BCUT2D eigenvalue weighted by molar-refractivity contribution is 0.629. The maximum Gasteiger partial charge on any atom is 0.123 e. The number of aromatic nitrogens is 1. The summed E-state index contributed by atoms with van der Waals surface area (Å²) >= 11 is 0. The van der Waals surface area contributed by atoms with Gasteiger partial charge in [-0.3, -0.25) is 0 Å². The zero-order valence-corrected chi connectivity index (χ0v) is 14.9. The number of hydrogen-bond donors (Lipinski definition) is 2.